The molecule has 0 saturated heterocycles. The first kappa shape index (κ1) is 16.7. The molecule has 2 aromatic carbocycles. The number of rotatable bonds is 4. The van der Waals surface area contributed by atoms with Crippen LogP contribution in [0.3, 0.4) is 0 Å². The molecular formula is C14H10IN3O5. The number of phenols is 2. The van der Waals surface area contributed by atoms with Gasteiger partial charge in [0.1, 0.15) is 11.5 Å². The summed E-state index contributed by atoms with van der Waals surface area (Å²) in [5.74, 6) is -1.07. The van der Waals surface area contributed by atoms with Gasteiger partial charge in [-0.1, -0.05) is 0 Å². The predicted octanol–water partition coefficient (Wildman–Crippen LogP) is 2.37. The van der Waals surface area contributed by atoms with Gasteiger partial charge in [-0.25, -0.2) is 5.43 Å². The summed E-state index contributed by atoms with van der Waals surface area (Å²) in [5, 5.41) is 33.6. The highest BCUT2D eigenvalue weighted by Gasteiger charge is 2.11. The minimum atomic E-state index is -0.651. The molecule has 0 aliphatic heterocycles. The Morgan fingerprint density at radius 1 is 1.22 bits per heavy atom. The Morgan fingerprint density at radius 3 is 2.61 bits per heavy atom. The second-order valence-electron chi connectivity index (χ2n) is 4.36. The van der Waals surface area contributed by atoms with Crippen LogP contribution in [0.5, 0.6) is 11.5 Å². The molecule has 0 unspecified atom stereocenters. The van der Waals surface area contributed by atoms with Gasteiger partial charge >= 0.3 is 0 Å². The Balaban J connectivity index is 2.15. The van der Waals surface area contributed by atoms with E-state index in [-0.39, 0.29) is 28.3 Å². The van der Waals surface area contributed by atoms with Gasteiger partial charge in [-0.05, 0) is 46.9 Å². The number of nitro groups is 1. The number of amides is 1. The van der Waals surface area contributed by atoms with E-state index in [0.29, 0.717) is 0 Å². The van der Waals surface area contributed by atoms with Gasteiger partial charge in [0, 0.05) is 21.3 Å². The van der Waals surface area contributed by atoms with Gasteiger partial charge in [0.15, 0.2) is 0 Å². The van der Waals surface area contributed by atoms with Crippen molar-refractivity contribution < 1.29 is 19.9 Å². The number of non-ortho nitro benzene ring substituents is 1. The second-order valence-corrected chi connectivity index (χ2v) is 5.61. The Labute approximate surface area is 143 Å². The van der Waals surface area contributed by atoms with Crippen molar-refractivity contribution >= 4 is 40.4 Å². The van der Waals surface area contributed by atoms with Crippen LogP contribution in [0.25, 0.3) is 0 Å². The first-order valence-electron chi connectivity index (χ1n) is 6.18. The normalized spacial score (nSPS) is 10.7. The molecular weight excluding hydrogens is 417 g/mol. The summed E-state index contributed by atoms with van der Waals surface area (Å²) in [5.41, 5.74) is 2.08. The molecule has 0 saturated carbocycles. The summed E-state index contributed by atoms with van der Waals surface area (Å²) < 4.78 is 0.755. The first-order valence-corrected chi connectivity index (χ1v) is 7.25. The average molecular weight is 427 g/mol. The number of nitrogens with one attached hydrogen (secondary N) is 1. The van der Waals surface area contributed by atoms with E-state index in [1.54, 1.807) is 6.07 Å². The fraction of sp³-hybridized carbons (Fsp3) is 0. The predicted molar refractivity (Wildman–Crippen MR) is 90.6 cm³/mol. The van der Waals surface area contributed by atoms with Crippen LogP contribution in [0.1, 0.15) is 15.9 Å². The van der Waals surface area contributed by atoms with Crippen LogP contribution in [-0.4, -0.2) is 27.3 Å². The number of aromatic hydroxyl groups is 2. The van der Waals surface area contributed by atoms with Crippen molar-refractivity contribution in [2.75, 3.05) is 0 Å². The van der Waals surface area contributed by atoms with E-state index >= 15 is 0 Å². The van der Waals surface area contributed by atoms with Gasteiger partial charge in [-0.15, -0.1) is 0 Å². The van der Waals surface area contributed by atoms with Crippen molar-refractivity contribution in [1.29, 1.82) is 0 Å². The Hall–Kier alpha value is -2.69. The zero-order valence-electron chi connectivity index (χ0n) is 11.4. The maximum atomic E-state index is 11.9. The third-order valence-electron chi connectivity index (χ3n) is 2.79. The zero-order chi connectivity index (χ0) is 17.0. The molecule has 0 aliphatic carbocycles. The number of halogens is 1. The SMILES string of the molecule is O=C(N/N=C/c1cc([N+](=O)[O-])ccc1O)c1cc(I)ccc1O. The highest BCUT2D eigenvalue weighted by atomic mass is 127. The molecule has 3 N–H and O–H groups in total. The van der Waals surface area contributed by atoms with Gasteiger partial charge in [-0.3, -0.25) is 14.9 Å². The molecule has 0 aliphatic rings. The molecule has 0 heterocycles. The lowest BCUT2D eigenvalue weighted by Crippen LogP contribution is -2.17. The van der Waals surface area contributed by atoms with Crippen LogP contribution in [0, 0.1) is 13.7 Å². The van der Waals surface area contributed by atoms with Crippen LogP contribution in [-0.2, 0) is 0 Å². The minimum Gasteiger partial charge on any atom is -0.507 e. The average Bonchev–Trinajstić information content (AvgIpc) is 2.51. The standard InChI is InChI=1S/C14H10IN3O5/c15-9-1-3-13(20)11(6-9)14(21)17-16-7-8-5-10(18(22)23)2-4-12(8)19/h1-7,19-20H,(H,17,21)/b16-7+. The maximum absolute atomic E-state index is 11.9. The van der Waals surface area contributed by atoms with Crippen molar-refractivity contribution in [1.82, 2.24) is 5.43 Å². The highest BCUT2D eigenvalue weighted by Crippen LogP contribution is 2.21. The van der Waals surface area contributed by atoms with Gasteiger partial charge in [0.25, 0.3) is 11.6 Å². The lowest BCUT2D eigenvalue weighted by molar-refractivity contribution is -0.384. The van der Waals surface area contributed by atoms with Gasteiger partial charge in [0.05, 0.1) is 16.7 Å². The molecule has 1 amide bonds. The Bertz CT molecular complexity index is 807. The van der Waals surface area contributed by atoms with E-state index in [2.05, 4.69) is 10.5 Å². The smallest absolute Gasteiger partial charge is 0.275 e. The number of nitro benzene ring substituents is 1. The lowest BCUT2D eigenvalue weighted by atomic mass is 10.2. The van der Waals surface area contributed by atoms with E-state index in [4.69, 9.17) is 0 Å². The second kappa shape index (κ2) is 7.05. The molecule has 2 rings (SSSR count). The van der Waals surface area contributed by atoms with E-state index in [1.165, 1.54) is 12.1 Å². The van der Waals surface area contributed by atoms with Crippen molar-refractivity contribution in [3.63, 3.8) is 0 Å². The van der Waals surface area contributed by atoms with Gasteiger partial charge in [-0.2, -0.15) is 5.10 Å². The minimum absolute atomic E-state index is 0.0392. The summed E-state index contributed by atoms with van der Waals surface area (Å²) in [6.45, 7) is 0. The lowest BCUT2D eigenvalue weighted by Gasteiger charge is -2.03. The van der Waals surface area contributed by atoms with Crippen molar-refractivity contribution in [2.24, 2.45) is 5.10 Å². The van der Waals surface area contributed by atoms with Crippen molar-refractivity contribution in [3.05, 3.63) is 61.2 Å². The van der Waals surface area contributed by atoms with Crippen LogP contribution >= 0.6 is 22.6 Å². The molecule has 0 atom stereocenters. The maximum Gasteiger partial charge on any atom is 0.275 e. The van der Waals surface area contributed by atoms with Crippen LogP contribution in [0.4, 0.5) is 5.69 Å². The number of nitrogens with zero attached hydrogens (tertiary/aromatic N) is 2. The number of hydrazone groups is 1. The molecule has 0 fully saturated rings. The fourth-order valence-corrected chi connectivity index (χ4v) is 2.16. The quantitative estimate of drug-likeness (QED) is 0.299. The molecule has 118 valence electrons. The van der Waals surface area contributed by atoms with Crippen molar-refractivity contribution in [3.8, 4) is 11.5 Å². The number of phenolic OH excluding ortho intramolecular Hbond substituents is 2. The third-order valence-corrected chi connectivity index (χ3v) is 3.47. The molecule has 23 heavy (non-hydrogen) atoms. The number of carbonyl (C=O) groups is 1. The highest BCUT2D eigenvalue weighted by molar-refractivity contribution is 14.1. The van der Waals surface area contributed by atoms with E-state index in [1.807, 2.05) is 22.6 Å². The van der Waals surface area contributed by atoms with E-state index in [9.17, 15) is 25.1 Å². The third kappa shape index (κ3) is 4.16. The van der Waals surface area contributed by atoms with Gasteiger partial charge in [0.2, 0.25) is 0 Å². The largest absolute Gasteiger partial charge is 0.507 e. The van der Waals surface area contributed by atoms with Crippen LogP contribution in [0.15, 0.2) is 41.5 Å². The first-order chi connectivity index (χ1) is 10.9. The molecule has 0 radical (unpaired) electrons. The van der Waals surface area contributed by atoms with E-state index < -0.39 is 10.8 Å². The van der Waals surface area contributed by atoms with Gasteiger partial charge < -0.3 is 10.2 Å². The number of carbonyl (C=O) groups excluding carboxylic acids is 1. The number of benzene rings is 2. The van der Waals surface area contributed by atoms with E-state index in [0.717, 1.165) is 28.0 Å². The topological polar surface area (TPSA) is 125 Å². The summed E-state index contributed by atoms with van der Waals surface area (Å²) in [4.78, 5) is 22.0. The summed E-state index contributed by atoms with van der Waals surface area (Å²) in [6.07, 6.45) is 1.07. The summed E-state index contributed by atoms with van der Waals surface area (Å²) in [6, 6.07) is 7.92. The Morgan fingerprint density at radius 2 is 1.91 bits per heavy atom. The molecule has 8 nitrogen and oxygen atoms in total. The zero-order valence-corrected chi connectivity index (χ0v) is 13.6. The number of hydrogen-bond donors (Lipinski definition) is 3. The fourth-order valence-electron chi connectivity index (χ4n) is 1.67. The summed E-state index contributed by atoms with van der Waals surface area (Å²) >= 11 is 1.99. The van der Waals surface area contributed by atoms with Crippen molar-refractivity contribution in [2.45, 2.75) is 0 Å². The molecule has 9 heteroatoms. The van der Waals surface area contributed by atoms with Crippen LogP contribution in [0.2, 0.25) is 0 Å². The molecule has 0 bridgehead atoms. The molecule has 2 aromatic rings. The van der Waals surface area contributed by atoms with Crippen LogP contribution < -0.4 is 5.43 Å². The Kier molecular flexibility index (Phi) is 5.11. The monoisotopic (exact) mass is 427 g/mol. The summed E-state index contributed by atoms with van der Waals surface area (Å²) in [7, 11) is 0. The molecule has 0 aromatic heterocycles. The number of hydrogen-bond acceptors (Lipinski definition) is 6. The molecule has 0 spiro atoms.